The number of aromatic nitrogens is 2. The minimum absolute atomic E-state index is 0.0331. The van der Waals surface area contributed by atoms with Crippen LogP contribution in [0.2, 0.25) is 5.02 Å². The average molecular weight is 543 g/mol. The zero-order valence-corrected chi connectivity index (χ0v) is 21.8. The summed E-state index contributed by atoms with van der Waals surface area (Å²) < 4.78 is 33.4. The zero-order chi connectivity index (χ0) is 27.1. The summed E-state index contributed by atoms with van der Waals surface area (Å²) in [5, 5.41) is 4.34. The molecule has 0 saturated carbocycles. The van der Waals surface area contributed by atoms with Gasteiger partial charge in [0, 0.05) is 56.6 Å². The molecule has 0 unspecified atom stereocenters. The van der Waals surface area contributed by atoms with Crippen LogP contribution in [0.25, 0.3) is 6.08 Å². The molecule has 0 N–H and O–H groups in total. The van der Waals surface area contributed by atoms with Crippen LogP contribution in [0, 0.1) is 0 Å². The maximum atomic E-state index is 13.2. The van der Waals surface area contributed by atoms with Gasteiger partial charge in [-0.25, -0.2) is 8.78 Å². The number of ether oxygens (including phenoxy) is 1. The molecule has 1 fully saturated rings. The highest BCUT2D eigenvalue weighted by Gasteiger charge is 2.28. The molecule has 2 heterocycles. The molecule has 7 nitrogen and oxygen atoms in total. The van der Waals surface area contributed by atoms with Crippen molar-refractivity contribution in [3.63, 3.8) is 0 Å². The Labute approximate surface area is 225 Å². The van der Waals surface area contributed by atoms with Gasteiger partial charge in [0.1, 0.15) is 11.4 Å². The molecule has 200 valence electrons. The van der Waals surface area contributed by atoms with Gasteiger partial charge in [-0.2, -0.15) is 5.10 Å². The Hall–Kier alpha value is -3.56. The summed E-state index contributed by atoms with van der Waals surface area (Å²) in [6, 6.07) is 14.3. The SMILES string of the molecule is Cn1cc(C(=O)N2CCN(CCCOc3ccc(C(=O)/C=C/c4cccc(Cl)c4)cc3)CC2)c(C(F)F)n1. The van der Waals surface area contributed by atoms with Crippen LogP contribution in [0.3, 0.4) is 0 Å². The van der Waals surface area contributed by atoms with Crippen molar-refractivity contribution in [3.8, 4) is 5.75 Å². The lowest BCUT2D eigenvalue weighted by atomic mass is 10.1. The first kappa shape index (κ1) is 27.5. The summed E-state index contributed by atoms with van der Waals surface area (Å²) in [7, 11) is 1.53. The number of allylic oxidation sites excluding steroid dienone is 1. The number of hydrogen-bond donors (Lipinski definition) is 0. The van der Waals surface area contributed by atoms with Crippen molar-refractivity contribution >= 4 is 29.4 Å². The van der Waals surface area contributed by atoms with Crippen LogP contribution in [0.4, 0.5) is 8.78 Å². The highest BCUT2D eigenvalue weighted by atomic mass is 35.5. The number of piperazine rings is 1. The van der Waals surface area contributed by atoms with Crippen molar-refractivity contribution < 1.29 is 23.1 Å². The third-order valence-corrected chi connectivity index (χ3v) is 6.49. The van der Waals surface area contributed by atoms with Gasteiger partial charge < -0.3 is 9.64 Å². The van der Waals surface area contributed by atoms with E-state index >= 15 is 0 Å². The molecule has 10 heteroatoms. The number of halogens is 3. The summed E-state index contributed by atoms with van der Waals surface area (Å²) in [6.07, 6.45) is 2.60. The molecule has 38 heavy (non-hydrogen) atoms. The Bertz CT molecular complexity index is 1290. The highest BCUT2D eigenvalue weighted by molar-refractivity contribution is 6.30. The summed E-state index contributed by atoms with van der Waals surface area (Å²) in [5.74, 6) is 0.170. The number of nitrogens with zero attached hydrogens (tertiary/aromatic N) is 4. The number of benzene rings is 2. The zero-order valence-electron chi connectivity index (χ0n) is 21.0. The lowest BCUT2D eigenvalue weighted by Gasteiger charge is -2.34. The molecule has 0 aliphatic carbocycles. The molecule has 4 rings (SSSR count). The normalized spacial score (nSPS) is 14.4. The first-order chi connectivity index (χ1) is 18.3. The van der Waals surface area contributed by atoms with Gasteiger partial charge in [0.05, 0.1) is 12.2 Å². The van der Waals surface area contributed by atoms with Crippen molar-refractivity contribution in [2.45, 2.75) is 12.8 Å². The van der Waals surface area contributed by atoms with Crippen molar-refractivity contribution in [1.82, 2.24) is 19.6 Å². The van der Waals surface area contributed by atoms with Crippen molar-refractivity contribution in [2.75, 3.05) is 39.3 Å². The number of carbonyl (C=O) groups excluding carboxylic acids is 2. The van der Waals surface area contributed by atoms with Crippen molar-refractivity contribution in [1.29, 1.82) is 0 Å². The van der Waals surface area contributed by atoms with Crippen molar-refractivity contribution in [3.05, 3.63) is 88.2 Å². The molecular weight excluding hydrogens is 514 g/mol. The first-order valence-electron chi connectivity index (χ1n) is 12.3. The maximum absolute atomic E-state index is 13.2. The second kappa shape index (κ2) is 12.8. The Kier molecular flexibility index (Phi) is 9.25. The molecule has 1 amide bonds. The standard InChI is InChI=1S/C28H29ClF2N4O3/c1-33-19-24(26(32-33)27(30)31)28(37)35-15-13-34(14-16-35)12-3-17-38-23-9-7-21(8-10-23)25(36)11-6-20-4-2-5-22(29)18-20/h2,4-11,18-19,27H,3,12-17H2,1H3/b11-6+. The van der Waals surface area contributed by atoms with E-state index in [0.29, 0.717) is 49.1 Å². The van der Waals surface area contributed by atoms with Crippen LogP contribution in [0.1, 0.15) is 44.8 Å². The molecule has 1 aliphatic rings. The van der Waals surface area contributed by atoms with Gasteiger partial charge in [-0.05, 0) is 54.5 Å². The molecule has 0 spiro atoms. The maximum Gasteiger partial charge on any atom is 0.282 e. The third kappa shape index (κ3) is 7.26. The van der Waals surface area contributed by atoms with Gasteiger partial charge in [0.25, 0.3) is 12.3 Å². The third-order valence-electron chi connectivity index (χ3n) is 6.26. The summed E-state index contributed by atoms with van der Waals surface area (Å²) in [6.45, 7) is 3.57. The van der Waals surface area contributed by atoms with Crippen LogP contribution >= 0.6 is 11.6 Å². The minimum Gasteiger partial charge on any atom is -0.494 e. The molecule has 1 saturated heterocycles. The number of hydrogen-bond acceptors (Lipinski definition) is 5. The van der Waals surface area contributed by atoms with E-state index in [-0.39, 0.29) is 11.3 Å². The molecular formula is C28H29ClF2N4O3. The highest BCUT2D eigenvalue weighted by Crippen LogP contribution is 2.23. The fourth-order valence-electron chi connectivity index (χ4n) is 4.25. The fraction of sp³-hybridized carbons (Fsp3) is 0.321. The Balaban J connectivity index is 1.17. The lowest BCUT2D eigenvalue weighted by molar-refractivity contribution is 0.0620. The quantitative estimate of drug-likeness (QED) is 0.202. The largest absolute Gasteiger partial charge is 0.494 e. The van der Waals surface area contributed by atoms with Crippen molar-refractivity contribution in [2.24, 2.45) is 7.05 Å². The number of amides is 1. The molecule has 0 radical (unpaired) electrons. The summed E-state index contributed by atoms with van der Waals surface area (Å²) in [4.78, 5) is 28.9. The van der Waals surface area contributed by atoms with Gasteiger partial charge in [0.15, 0.2) is 5.78 Å². The number of aryl methyl sites for hydroxylation is 1. The predicted molar refractivity (Wildman–Crippen MR) is 142 cm³/mol. The minimum atomic E-state index is -2.79. The Morgan fingerprint density at radius 3 is 2.53 bits per heavy atom. The Morgan fingerprint density at radius 2 is 1.84 bits per heavy atom. The van der Waals surface area contributed by atoms with Gasteiger partial charge in [-0.1, -0.05) is 29.8 Å². The van der Waals surface area contributed by atoms with E-state index < -0.39 is 18.0 Å². The van der Waals surface area contributed by atoms with Crippen LogP contribution in [-0.2, 0) is 7.05 Å². The second-order valence-corrected chi connectivity index (χ2v) is 9.45. The van der Waals surface area contributed by atoms with E-state index in [1.165, 1.54) is 24.0 Å². The topological polar surface area (TPSA) is 67.7 Å². The van der Waals surface area contributed by atoms with Crippen LogP contribution in [0.15, 0.2) is 60.8 Å². The predicted octanol–water partition coefficient (Wildman–Crippen LogP) is 5.13. The smallest absolute Gasteiger partial charge is 0.282 e. The summed E-state index contributed by atoms with van der Waals surface area (Å²) >= 11 is 5.97. The fourth-order valence-corrected chi connectivity index (χ4v) is 4.45. The van der Waals surface area contributed by atoms with Gasteiger partial charge >= 0.3 is 0 Å². The van der Waals surface area contributed by atoms with E-state index in [4.69, 9.17) is 16.3 Å². The molecule has 3 aromatic rings. The first-order valence-corrected chi connectivity index (χ1v) is 12.7. The van der Waals surface area contributed by atoms with Gasteiger partial charge in [-0.3, -0.25) is 19.2 Å². The van der Waals surface area contributed by atoms with E-state index in [1.54, 1.807) is 47.4 Å². The summed E-state index contributed by atoms with van der Waals surface area (Å²) in [5.41, 5.74) is 0.917. The molecule has 0 atom stereocenters. The van der Waals surface area contributed by atoms with E-state index in [0.717, 1.165) is 18.5 Å². The number of rotatable bonds is 10. The van der Waals surface area contributed by atoms with Gasteiger partial charge in [-0.15, -0.1) is 0 Å². The monoisotopic (exact) mass is 542 g/mol. The molecule has 1 aromatic heterocycles. The number of ketones is 1. The van der Waals surface area contributed by atoms with Crippen LogP contribution < -0.4 is 4.74 Å². The van der Waals surface area contributed by atoms with Crippen LogP contribution in [0.5, 0.6) is 5.75 Å². The van der Waals surface area contributed by atoms with Crippen LogP contribution in [-0.4, -0.2) is 70.6 Å². The molecule has 1 aliphatic heterocycles. The number of alkyl halides is 2. The average Bonchev–Trinajstić information content (AvgIpc) is 3.32. The van der Waals surface area contributed by atoms with E-state index in [9.17, 15) is 18.4 Å². The second-order valence-electron chi connectivity index (χ2n) is 9.02. The Morgan fingerprint density at radius 1 is 1.11 bits per heavy atom. The molecule has 0 bridgehead atoms. The lowest BCUT2D eigenvalue weighted by Crippen LogP contribution is -2.49. The van der Waals surface area contributed by atoms with Gasteiger partial charge in [0.2, 0.25) is 0 Å². The van der Waals surface area contributed by atoms with E-state index in [1.807, 2.05) is 12.1 Å². The molecule has 2 aromatic carbocycles. The number of carbonyl (C=O) groups is 2. The van der Waals surface area contributed by atoms with E-state index in [2.05, 4.69) is 10.00 Å².